The molecule has 0 heterocycles. The highest BCUT2D eigenvalue weighted by molar-refractivity contribution is 6.89. The fourth-order valence-electron chi connectivity index (χ4n) is 0.110. The Morgan fingerprint density at radius 3 is 1.25 bits per heavy atom. The third-order valence-corrected chi connectivity index (χ3v) is 7.15. The summed E-state index contributed by atoms with van der Waals surface area (Å²) in [7, 11) is -1.29. The van der Waals surface area contributed by atoms with Gasteiger partial charge in [0.2, 0.25) is 0 Å². The summed E-state index contributed by atoms with van der Waals surface area (Å²) in [5.41, 5.74) is 0. The van der Waals surface area contributed by atoms with E-state index in [1.54, 1.807) is 0 Å². The molecule has 0 unspecified atom stereocenters. The van der Waals surface area contributed by atoms with Crippen LogP contribution in [0, 0.1) is 0 Å². The van der Waals surface area contributed by atoms with Crippen LogP contribution >= 0.6 is 46.4 Å². The van der Waals surface area contributed by atoms with E-state index in [2.05, 4.69) is 0 Å². The van der Waals surface area contributed by atoms with E-state index in [9.17, 15) is 0 Å². The van der Waals surface area contributed by atoms with E-state index in [1.807, 2.05) is 6.55 Å². The minimum absolute atomic E-state index is 0.338. The van der Waals surface area contributed by atoms with Crippen molar-refractivity contribution in [1.29, 1.82) is 0 Å². The van der Waals surface area contributed by atoms with Crippen LogP contribution in [0.25, 0.3) is 0 Å². The van der Waals surface area contributed by atoms with Gasteiger partial charge in [-0.05, 0) is 0 Å². The maximum absolute atomic E-state index is 5.48. The van der Waals surface area contributed by atoms with Crippen molar-refractivity contribution in [1.82, 2.24) is 0 Å². The smallest absolute Gasteiger partial charge is 0.110 e. The van der Waals surface area contributed by atoms with E-state index >= 15 is 0 Å². The fourth-order valence-corrected chi connectivity index (χ4v) is 2.97. The first-order valence-corrected chi connectivity index (χ1v) is 6.35. The molecule has 50 valence electrons. The number of hydrogen-bond donors (Lipinski definition) is 0. The molecule has 0 aliphatic rings. The summed E-state index contributed by atoms with van der Waals surface area (Å²) in [5, 5.41) is 0. The van der Waals surface area contributed by atoms with Crippen LogP contribution < -0.4 is 0 Å². The molecule has 0 aromatic heterocycles. The van der Waals surface area contributed by atoms with Crippen molar-refractivity contribution >= 4 is 55.2 Å². The molecular formula is C3H6Cl4Si. The van der Waals surface area contributed by atoms with Crippen molar-refractivity contribution in [3.8, 4) is 0 Å². The summed E-state index contributed by atoms with van der Waals surface area (Å²) in [6.45, 7) is 1.93. The second-order valence-electron chi connectivity index (χ2n) is 1.53. The van der Waals surface area contributed by atoms with Gasteiger partial charge in [-0.3, -0.25) is 0 Å². The summed E-state index contributed by atoms with van der Waals surface area (Å²) < 4.78 is -0.676. The highest BCUT2D eigenvalue weighted by atomic mass is 35.5. The molecule has 0 N–H and O–H groups in total. The van der Waals surface area contributed by atoms with Crippen LogP contribution in [0.5, 0.6) is 0 Å². The number of alkyl halides is 4. The van der Waals surface area contributed by atoms with Crippen LogP contribution in [0.2, 0.25) is 6.55 Å². The Bertz CT molecular complexity index is 56.3. The lowest BCUT2D eigenvalue weighted by Gasteiger charge is -2.09. The van der Waals surface area contributed by atoms with Crippen LogP contribution in [0.4, 0.5) is 0 Å². The van der Waals surface area contributed by atoms with Gasteiger partial charge >= 0.3 is 0 Å². The van der Waals surface area contributed by atoms with Gasteiger partial charge in [0.15, 0.2) is 0 Å². The van der Waals surface area contributed by atoms with Gasteiger partial charge in [-0.1, -0.05) is 6.55 Å². The van der Waals surface area contributed by atoms with Crippen molar-refractivity contribution in [2.45, 2.75) is 15.5 Å². The van der Waals surface area contributed by atoms with Crippen LogP contribution in [0.1, 0.15) is 0 Å². The van der Waals surface area contributed by atoms with Gasteiger partial charge in [0.25, 0.3) is 0 Å². The van der Waals surface area contributed by atoms with Crippen molar-refractivity contribution in [3.63, 3.8) is 0 Å². The third kappa shape index (κ3) is 3.41. The van der Waals surface area contributed by atoms with Gasteiger partial charge < -0.3 is 0 Å². The SMILES string of the molecule is C[SiH](C(Cl)Cl)C(Cl)Cl. The molecular weight excluding hydrogens is 206 g/mol. The molecule has 0 spiro atoms. The molecule has 0 radical (unpaired) electrons. The molecule has 0 aliphatic heterocycles. The average Bonchev–Trinajstić information content (AvgIpc) is 1.64. The summed E-state index contributed by atoms with van der Waals surface area (Å²) >= 11 is 21.9. The van der Waals surface area contributed by atoms with E-state index < -0.39 is 8.80 Å². The zero-order valence-electron chi connectivity index (χ0n) is 4.24. The Labute approximate surface area is 70.7 Å². The molecule has 0 rings (SSSR count). The zero-order chi connectivity index (χ0) is 6.73. The summed E-state index contributed by atoms with van der Waals surface area (Å²) in [6.07, 6.45) is 0. The van der Waals surface area contributed by atoms with Gasteiger partial charge in [0.1, 0.15) is 8.80 Å². The van der Waals surface area contributed by atoms with Gasteiger partial charge in [-0.2, -0.15) is 0 Å². The monoisotopic (exact) mass is 210 g/mol. The maximum atomic E-state index is 5.48. The van der Waals surface area contributed by atoms with E-state index in [0.717, 1.165) is 0 Å². The summed E-state index contributed by atoms with van der Waals surface area (Å²) in [6, 6.07) is 0. The Morgan fingerprint density at radius 2 is 1.25 bits per heavy atom. The second kappa shape index (κ2) is 4.23. The van der Waals surface area contributed by atoms with Crippen LogP contribution in [-0.4, -0.2) is 17.7 Å². The number of hydrogen-bond acceptors (Lipinski definition) is 0. The topological polar surface area (TPSA) is 0 Å². The standard InChI is InChI=1S/C3H6Cl4Si/c1-8(2(4)5)3(6)7/h2-3,8H,1H3. The first-order valence-electron chi connectivity index (χ1n) is 2.12. The first kappa shape index (κ1) is 9.38. The minimum Gasteiger partial charge on any atom is -0.110 e. The molecule has 0 aliphatic carbocycles. The number of rotatable bonds is 2. The lowest BCUT2D eigenvalue weighted by Crippen LogP contribution is -2.25. The van der Waals surface area contributed by atoms with E-state index in [1.165, 1.54) is 0 Å². The van der Waals surface area contributed by atoms with E-state index in [-0.39, 0.29) is 8.92 Å². The van der Waals surface area contributed by atoms with Gasteiger partial charge in [0.05, 0.1) is 8.92 Å². The van der Waals surface area contributed by atoms with Crippen molar-refractivity contribution in [3.05, 3.63) is 0 Å². The summed E-state index contributed by atoms with van der Waals surface area (Å²) in [4.78, 5) is 0. The number of halogens is 4. The molecule has 0 fully saturated rings. The Balaban J connectivity index is 3.46. The lowest BCUT2D eigenvalue weighted by atomic mass is 11.8. The maximum Gasteiger partial charge on any atom is 0.113 e. The van der Waals surface area contributed by atoms with E-state index in [4.69, 9.17) is 46.4 Å². The average molecular weight is 212 g/mol. The Morgan fingerprint density at radius 1 is 1.00 bits per heavy atom. The van der Waals surface area contributed by atoms with E-state index in [0.29, 0.717) is 0 Å². The normalized spacial score (nSPS) is 12.0. The Kier molecular flexibility index (Phi) is 4.96. The van der Waals surface area contributed by atoms with Crippen molar-refractivity contribution in [2.24, 2.45) is 0 Å². The van der Waals surface area contributed by atoms with Gasteiger partial charge in [0, 0.05) is 0 Å². The molecule has 0 aromatic carbocycles. The molecule has 0 bridgehead atoms. The fraction of sp³-hybridized carbons (Fsp3) is 1.00. The van der Waals surface area contributed by atoms with Crippen molar-refractivity contribution in [2.75, 3.05) is 0 Å². The quantitative estimate of drug-likeness (QED) is 0.487. The molecule has 5 heteroatoms. The molecule has 0 amide bonds. The lowest BCUT2D eigenvalue weighted by molar-refractivity contribution is 1.63. The predicted octanol–water partition coefficient (Wildman–Crippen LogP) is 2.53. The highest BCUT2D eigenvalue weighted by Crippen LogP contribution is 2.16. The van der Waals surface area contributed by atoms with Crippen LogP contribution in [-0.2, 0) is 0 Å². The summed E-state index contributed by atoms with van der Waals surface area (Å²) in [5.74, 6) is 0. The Hall–Kier alpha value is 1.38. The third-order valence-electron chi connectivity index (χ3n) is 0.795. The van der Waals surface area contributed by atoms with Crippen LogP contribution in [0.15, 0.2) is 0 Å². The van der Waals surface area contributed by atoms with Gasteiger partial charge in [-0.25, -0.2) is 0 Å². The second-order valence-corrected chi connectivity index (χ2v) is 8.60. The molecule has 0 saturated heterocycles. The largest absolute Gasteiger partial charge is 0.113 e. The highest BCUT2D eigenvalue weighted by Gasteiger charge is 2.19. The molecule has 0 aromatic rings. The molecule has 0 nitrogen and oxygen atoms in total. The predicted molar refractivity (Wildman–Crippen MR) is 44.0 cm³/mol. The molecule has 0 atom stereocenters. The molecule has 8 heavy (non-hydrogen) atoms. The zero-order valence-corrected chi connectivity index (χ0v) is 8.42. The molecule has 0 saturated carbocycles. The van der Waals surface area contributed by atoms with Gasteiger partial charge in [-0.15, -0.1) is 46.4 Å². The van der Waals surface area contributed by atoms with Crippen LogP contribution in [0.3, 0.4) is 0 Å². The first-order chi connectivity index (χ1) is 3.55. The van der Waals surface area contributed by atoms with Crippen molar-refractivity contribution < 1.29 is 0 Å². The minimum atomic E-state index is -1.29.